The molecular formula is C13H14N2O4S2. The molecule has 0 spiro atoms. The van der Waals surface area contributed by atoms with Gasteiger partial charge in [-0.3, -0.25) is 4.79 Å². The standard InChI is InChI=1S/C13H14N2O4S2/c1-13(4-6-21(17,18)8-13)15-11(16)9-7-20-12(14-9)10-3-2-5-19-10/h2-3,5,7H,4,6,8H2,1H3,(H,15,16). The summed E-state index contributed by atoms with van der Waals surface area (Å²) in [6.45, 7) is 1.75. The van der Waals surface area contributed by atoms with Crippen LogP contribution in [0.4, 0.5) is 0 Å². The van der Waals surface area contributed by atoms with Gasteiger partial charge in [0, 0.05) is 5.38 Å². The number of nitrogens with one attached hydrogen (secondary N) is 1. The molecule has 0 aliphatic carbocycles. The summed E-state index contributed by atoms with van der Waals surface area (Å²) in [7, 11) is -3.06. The maximum Gasteiger partial charge on any atom is 0.271 e. The average Bonchev–Trinajstić information content (AvgIpc) is 3.09. The zero-order valence-corrected chi connectivity index (χ0v) is 13.0. The quantitative estimate of drug-likeness (QED) is 0.927. The Morgan fingerprint density at radius 2 is 2.33 bits per heavy atom. The Hall–Kier alpha value is -1.67. The molecule has 1 N–H and O–H groups in total. The Balaban J connectivity index is 1.75. The number of furan rings is 1. The molecule has 112 valence electrons. The highest BCUT2D eigenvalue weighted by Gasteiger charge is 2.39. The van der Waals surface area contributed by atoms with E-state index in [-0.39, 0.29) is 23.1 Å². The van der Waals surface area contributed by atoms with Crippen LogP contribution in [0.2, 0.25) is 0 Å². The Bertz CT molecular complexity index is 764. The van der Waals surface area contributed by atoms with Crippen LogP contribution in [0.1, 0.15) is 23.8 Å². The van der Waals surface area contributed by atoms with E-state index in [1.54, 1.807) is 30.7 Å². The van der Waals surface area contributed by atoms with E-state index in [0.29, 0.717) is 17.2 Å². The van der Waals surface area contributed by atoms with E-state index in [1.807, 2.05) is 0 Å². The molecule has 6 nitrogen and oxygen atoms in total. The first-order valence-corrected chi connectivity index (χ1v) is 9.09. The fourth-order valence-electron chi connectivity index (χ4n) is 2.34. The summed E-state index contributed by atoms with van der Waals surface area (Å²) in [6, 6.07) is 3.52. The van der Waals surface area contributed by atoms with E-state index in [2.05, 4.69) is 10.3 Å². The lowest BCUT2D eigenvalue weighted by molar-refractivity contribution is 0.0911. The summed E-state index contributed by atoms with van der Waals surface area (Å²) < 4.78 is 28.3. The normalized spacial score (nSPS) is 24.0. The minimum atomic E-state index is -3.06. The number of hydrogen-bond donors (Lipinski definition) is 1. The summed E-state index contributed by atoms with van der Waals surface area (Å²) in [6.07, 6.45) is 1.97. The molecule has 8 heteroatoms. The number of carbonyl (C=O) groups is 1. The molecule has 1 aliphatic heterocycles. The number of amides is 1. The maximum absolute atomic E-state index is 12.2. The molecule has 0 radical (unpaired) electrons. The van der Waals surface area contributed by atoms with Gasteiger partial charge in [0.15, 0.2) is 20.6 Å². The molecule has 1 unspecified atom stereocenters. The van der Waals surface area contributed by atoms with Gasteiger partial charge in [-0.15, -0.1) is 11.3 Å². The van der Waals surface area contributed by atoms with Gasteiger partial charge in [0.1, 0.15) is 5.69 Å². The summed E-state index contributed by atoms with van der Waals surface area (Å²) in [4.78, 5) is 16.4. The number of rotatable bonds is 3. The summed E-state index contributed by atoms with van der Waals surface area (Å²) in [5.41, 5.74) is -0.443. The van der Waals surface area contributed by atoms with E-state index in [4.69, 9.17) is 4.42 Å². The van der Waals surface area contributed by atoms with Crippen LogP contribution in [0.25, 0.3) is 10.8 Å². The van der Waals surface area contributed by atoms with E-state index in [9.17, 15) is 13.2 Å². The maximum atomic E-state index is 12.2. The smallest absolute Gasteiger partial charge is 0.271 e. The summed E-state index contributed by atoms with van der Waals surface area (Å²) >= 11 is 1.31. The van der Waals surface area contributed by atoms with E-state index in [0.717, 1.165) is 0 Å². The van der Waals surface area contributed by atoms with Crippen molar-refractivity contribution < 1.29 is 17.6 Å². The second kappa shape index (κ2) is 4.96. The third-order valence-corrected chi connectivity index (χ3v) is 6.15. The van der Waals surface area contributed by atoms with Crippen LogP contribution in [-0.2, 0) is 9.84 Å². The van der Waals surface area contributed by atoms with Gasteiger partial charge < -0.3 is 9.73 Å². The van der Waals surface area contributed by atoms with Gasteiger partial charge in [-0.1, -0.05) is 0 Å². The van der Waals surface area contributed by atoms with Gasteiger partial charge in [-0.2, -0.15) is 0 Å². The van der Waals surface area contributed by atoms with Crippen LogP contribution in [0.3, 0.4) is 0 Å². The first kappa shape index (κ1) is 14.3. The second-order valence-electron chi connectivity index (χ2n) is 5.37. The predicted octanol–water partition coefficient (Wildman–Crippen LogP) is 1.71. The molecule has 1 aliphatic rings. The highest BCUT2D eigenvalue weighted by molar-refractivity contribution is 7.91. The van der Waals surface area contributed by atoms with Gasteiger partial charge >= 0.3 is 0 Å². The van der Waals surface area contributed by atoms with Crippen LogP contribution >= 0.6 is 11.3 Å². The predicted molar refractivity (Wildman–Crippen MR) is 79.0 cm³/mol. The lowest BCUT2D eigenvalue weighted by Crippen LogP contribution is -2.47. The zero-order chi connectivity index (χ0) is 15.1. The van der Waals surface area contributed by atoms with Crippen molar-refractivity contribution in [3.05, 3.63) is 29.5 Å². The molecule has 1 fully saturated rings. The number of aromatic nitrogens is 1. The van der Waals surface area contributed by atoms with Crippen LogP contribution in [0.5, 0.6) is 0 Å². The Morgan fingerprint density at radius 3 is 2.95 bits per heavy atom. The van der Waals surface area contributed by atoms with E-state index in [1.165, 1.54) is 11.3 Å². The Morgan fingerprint density at radius 1 is 1.52 bits per heavy atom. The number of carbonyl (C=O) groups excluding carboxylic acids is 1. The molecule has 0 aromatic carbocycles. The van der Waals surface area contributed by atoms with Crippen molar-refractivity contribution in [1.82, 2.24) is 10.3 Å². The van der Waals surface area contributed by atoms with Crippen LogP contribution < -0.4 is 5.32 Å². The first-order valence-electron chi connectivity index (χ1n) is 6.39. The van der Waals surface area contributed by atoms with Crippen LogP contribution in [0, 0.1) is 0 Å². The van der Waals surface area contributed by atoms with Gasteiger partial charge in [0.25, 0.3) is 5.91 Å². The second-order valence-corrected chi connectivity index (χ2v) is 8.41. The highest BCUT2D eigenvalue weighted by atomic mass is 32.2. The highest BCUT2D eigenvalue weighted by Crippen LogP contribution is 2.26. The topological polar surface area (TPSA) is 89.3 Å². The van der Waals surface area contributed by atoms with Crippen molar-refractivity contribution in [3.63, 3.8) is 0 Å². The Labute approximate surface area is 126 Å². The van der Waals surface area contributed by atoms with E-state index < -0.39 is 15.4 Å². The van der Waals surface area contributed by atoms with Crippen molar-refractivity contribution in [2.45, 2.75) is 18.9 Å². The van der Waals surface area contributed by atoms with Crippen molar-refractivity contribution in [2.75, 3.05) is 11.5 Å². The number of nitrogens with zero attached hydrogens (tertiary/aromatic N) is 1. The molecule has 0 bridgehead atoms. The van der Waals surface area contributed by atoms with Gasteiger partial charge in [-0.25, -0.2) is 13.4 Å². The number of sulfone groups is 1. The third-order valence-electron chi connectivity index (χ3n) is 3.39. The molecule has 3 rings (SSSR count). The Kier molecular flexibility index (Phi) is 3.37. The van der Waals surface area contributed by atoms with Crippen LogP contribution in [-0.4, -0.2) is 36.4 Å². The summed E-state index contributed by atoms with van der Waals surface area (Å²) in [5, 5.41) is 5.04. The molecule has 3 heterocycles. The minimum Gasteiger partial charge on any atom is -0.462 e. The van der Waals surface area contributed by atoms with Crippen molar-refractivity contribution in [1.29, 1.82) is 0 Å². The largest absolute Gasteiger partial charge is 0.462 e. The lowest BCUT2D eigenvalue weighted by atomic mass is 10.0. The van der Waals surface area contributed by atoms with Gasteiger partial charge in [-0.05, 0) is 25.5 Å². The monoisotopic (exact) mass is 326 g/mol. The molecule has 21 heavy (non-hydrogen) atoms. The molecule has 1 saturated heterocycles. The third kappa shape index (κ3) is 3.01. The number of thiazole rings is 1. The van der Waals surface area contributed by atoms with Crippen molar-refractivity contribution in [2.24, 2.45) is 0 Å². The van der Waals surface area contributed by atoms with Gasteiger partial charge in [0.2, 0.25) is 0 Å². The average molecular weight is 326 g/mol. The lowest BCUT2D eigenvalue weighted by Gasteiger charge is -2.23. The first-order chi connectivity index (χ1) is 9.87. The molecule has 0 saturated carbocycles. The number of hydrogen-bond acceptors (Lipinski definition) is 6. The van der Waals surface area contributed by atoms with Crippen molar-refractivity contribution in [3.8, 4) is 10.8 Å². The molecule has 2 aromatic heterocycles. The van der Waals surface area contributed by atoms with E-state index >= 15 is 0 Å². The summed E-state index contributed by atoms with van der Waals surface area (Å²) in [5.74, 6) is 0.330. The fraction of sp³-hybridized carbons (Fsp3) is 0.385. The fourth-order valence-corrected chi connectivity index (χ4v) is 5.20. The van der Waals surface area contributed by atoms with Crippen molar-refractivity contribution >= 4 is 27.1 Å². The molecule has 1 atom stereocenters. The zero-order valence-electron chi connectivity index (χ0n) is 11.3. The molecular weight excluding hydrogens is 312 g/mol. The molecule has 1 amide bonds. The molecule has 2 aromatic rings. The van der Waals surface area contributed by atoms with Crippen LogP contribution in [0.15, 0.2) is 28.2 Å². The SMILES string of the molecule is CC1(NC(=O)c2csc(-c3ccco3)n2)CCS(=O)(=O)C1. The minimum absolute atomic E-state index is 0.0269. The van der Waals surface area contributed by atoms with Gasteiger partial charge in [0.05, 0.1) is 23.3 Å².